The number of carbonyl (C=O) groups excluding carboxylic acids is 1. The molecule has 1 atom stereocenters. The van der Waals surface area contributed by atoms with Crippen LogP contribution in [0, 0.1) is 6.92 Å². The van der Waals surface area contributed by atoms with Crippen molar-refractivity contribution in [1.29, 1.82) is 0 Å². The van der Waals surface area contributed by atoms with Gasteiger partial charge in [0.05, 0.1) is 0 Å². The first-order valence-electron chi connectivity index (χ1n) is 7.22. The molecule has 0 aliphatic carbocycles. The molecule has 0 saturated carbocycles. The molecule has 0 aliphatic rings. The van der Waals surface area contributed by atoms with Crippen molar-refractivity contribution in [3.63, 3.8) is 0 Å². The maximum Gasteiger partial charge on any atom is 0.220 e. The Morgan fingerprint density at radius 1 is 1.24 bits per heavy atom. The molecular weight excluding hydrogens is 280 g/mol. The molecule has 112 valence electrons. The number of nitrogens with two attached hydrogens (primary N) is 1. The van der Waals surface area contributed by atoms with E-state index in [0.29, 0.717) is 6.42 Å². The summed E-state index contributed by atoms with van der Waals surface area (Å²) in [7, 11) is 0. The third kappa shape index (κ3) is 5.23. The molecule has 0 bridgehead atoms. The Morgan fingerprint density at radius 2 is 1.95 bits per heavy atom. The fourth-order valence-corrected chi connectivity index (χ4v) is 3.26. The van der Waals surface area contributed by atoms with E-state index in [1.165, 1.54) is 9.75 Å². The highest BCUT2D eigenvalue weighted by molar-refractivity contribution is 7.11. The van der Waals surface area contributed by atoms with Gasteiger partial charge < -0.3 is 11.1 Å². The highest BCUT2D eigenvalue weighted by Gasteiger charge is 2.09. The molecule has 1 aromatic heterocycles. The second-order valence-electron chi connectivity index (χ2n) is 5.43. The first-order valence-corrected chi connectivity index (χ1v) is 8.03. The second kappa shape index (κ2) is 7.27. The predicted molar refractivity (Wildman–Crippen MR) is 89.5 cm³/mol. The van der Waals surface area contributed by atoms with Crippen LogP contribution >= 0.6 is 11.3 Å². The molecule has 0 saturated heterocycles. The fraction of sp³-hybridized carbons (Fsp3) is 0.353. The maximum atomic E-state index is 12.0. The molecule has 0 fully saturated rings. The zero-order valence-electron chi connectivity index (χ0n) is 12.6. The number of amides is 1. The molecule has 21 heavy (non-hydrogen) atoms. The third-order valence-corrected chi connectivity index (χ3v) is 4.35. The summed E-state index contributed by atoms with van der Waals surface area (Å²) >= 11 is 1.79. The number of benzene rings is 1. The Labute approximate surface area is 130 Å². The predicted octanol–water partition coefficient (Wildman–Crippen LogP) is 3.32. The summed E-state index contributed by atoms with van der Waals surface area (Å²) in [6.07, 6.45) is 2.15. The fourth-order valence-electron chi connectivity index (χ4n) is 2.24. The van der Waals surface area contributed by atoms with Crippen LogP contribution in [0.1, 0.15) is 28.7 Å². The van der Waals surface area contributed by atoms with Gasteiger partial charge in [-0.1, -0.05) is 12.1 Å². The summed E-state index contributed by atoms with van der Waals surface area (Å²) < 4.78 is 0. The summed E-state index contributed by atoms with van der Waals surface area (Å²) in [6.45, 7) is 4.15. The van der Waals surface area contributed by atoms with Crippen molar-refractivity contribution >= 4 is 22.9 Å². The number of aryl methyl sites for hydroxylation is 2. The van der Waals surface area contributed by atoms with Gasteiger partial charge in [0.25, 0.3) is 0 Å². The smallest absolute Gasteiger partial charge is 0.220 e. The van der Waals surface area contributed by atoms with Crippen molar-refractivity contribution in [2.24, 2.45) is 0 Å². The normalized spacial score (nSPS) is 12.1. The average molecular weight is 302 g/mol. The lowest BCUT2D eigenvalue weighted by Gasteiger charge is -2.13. The van der Waals surface area contributed by atoms with E-state index in [-0.39, 0.29) is 11.9 Å². The van der Waals surface area contributed by atoms with E-state index >= 15 is 0 Å². The van der Waals surface area contributed by atoms with E-state index in [1.54, 1.807) is 11.3 Å². The first kappa shape index (κ1) is 15.6. The molecule has 4 heteroatoms. The Morgan fingerprint density at radius 3 is 2.57 bits per heavy atom. The van der Waals surface area contributed by atoms with Gasteiger partial charge in [0.1, 0.15) is 0 Å². The number of nitrogen functional groups attached to an aromatic ring is 1. The van der Waals surface area contributed by atoms with Gasteiger partial charge in [-0.05, 0) is 50.1 Å². The van der Waals surface area contributed by atoms with Crippen molar-refractivity contribution in [3.8, 4) is 0 Å². The topological polar surface area (TPSA) is 55.1 Å². The number of rotatable bonds is 6. The minimum absolute atomic E-state index is 0.104. The Bertz CT molecular complexity index is 589. The number of carbonyl (C=O) groups is 1. The SMILES string of the molecule is Cc1ccc(CC(C)NC(=O)CCc2ccc(N)cc2)s1. The van der Waals surface area contributed by atoms with Gasteiger partial charge in [0, 0.05) is 34.3 Å². The van der Waals surface area contributed by atoms with Crippen LogP contribution in [0.25, 0.3) is 0 Å². The van der Waals surface area contributed by atoms with E-state index in [2.05, 4.69) is 31.3 Å². The second-order valence-corrected chi connectivity index (χ2v) is 6.80. The van der Waals surface area contributed by atoms with Crippen molar-refractivity contribution in [1.82, 2.24) is 5.32 Å². The van der Waals surface area contributed by atoms with Gasteiger partial charge >= 0.3 is 0 Å². The first-order chi connectivity index (χ1) is 10.0. The van der Waals surface area contributed by atoms with Gasteiger partial charge in [-0.2, -0.15) is 0 Å². The molecule has 2 aromatic rings. The lowest BCUT2D eigenvalue weighted by molar-refractivity contribution is -0.121. The van der Waals surface area contributed by atoms with E-state index in [9.17, 15) is 4.79 Å². The highest BCUT2D eigenvalue weighted by Crippen LogP contribution is 2.16. The van der Waals surface area contributed by atoms with Crippen molar-refractivity contribution < 1.29 is 4.79 Å². The summed E-state index contributed by atoms with van der Waals surface area (Å²) in [5.41, 5.74) is 7.54. The molecule has 1 heterocycles. The molecule has 2 rings (SSSR count). The number of hydrogen-bond donors (Lipinski definition) is 2. The van der Waals surface area contributed by atoms with Gasteiger partial charge in [-0.15, -0.1) is 11.3 Å². The van der Waals surface area contributed by atoms with Gasteiger partial charge in [0.15, 0.2) is 0 Å². The Hall–Kier alpha value is -1.81. The quantitative estimate of drug-likeness (QED) is 0.804. The van der Waals surface area contributed by atoms with Crippen LogP contribution in [0.5, 0.6) is 0 Å². The monoisotopic (exact) mass is 302 g/mol. The largest absolute Gasteiger partial charge is 0.399 e. The maximum absolute atomic E-state index is 12.0. The van der Waals surface area contributed by atoms with Gasteiger partial charge in [0.2, 0.25) is 5.91 Å². The minimum Gasteiger partial charge on any atom is -0.399 e. The number of nitrogens with one attached hydrogen (secondary N) is 1. The molecule has 3 nitrogen and oxygen atoms in total. The zero-order valence-corrected chi connectivity index (χ0v) is 13.4. The molecule has 0 radical (unpaired) electrons. The summed E-state index contributed by atoms with van der Waals surface area (Å²) in [5.74, 6) is 0.104. The van der Waals surface area contributed by atoms with Crippen LogP contribution in [0.15, 0.2) is 36.4 Å². The third-order valence-electron chi connectivity index (χ3n) is 3.33. The van der Waals surface area contributed by atoms with Crippen LogP contribution in [-0.2, 0) is 17.6 Å². The molecule has 3 N–H and O–H groups in total. The highest BCUT2D eigenvalue weighted by atomic mass is 32.1. The van der Waals surface area contributed by atoms with Crippen molar-refractivity contribution in [2.45, 2.75) is 39.2 Å². The molecule has 0 aliphatic heterocycles. The van der Waals surface area contributed by atoms with Gasteiger partial charge in [-0.3, -0.25) is 4.79 Å². The standard InChI is InChI=1S/C17H22N2OS/c1-12(11-16-9-3-13(2)21-16)19-17(20)10-6-14-4-7-15(18)8-5-14/h3-5,7-9,12H,6,10-11,18H2,1-2H3,(H,19,20). The van der Waals surface area contributed by atoms with E-state index in [1.807, 2.05) is 24.3 Å². The lowest BCUT2D eigenvalue weighted by atomic mass is 10.1. The van der Waals surface area contributed by atoms with Crippen molar-refractivity contribution in [2.75, 3.05) is 5.73 Å². The Kier molecular flexibility index (Phi) is 5.39. The van der Waals surface area contributed by atoms with E-state index in [4.69, 9.17) is 5.73 Å². The Balaban J connectivity index is 1.74. The van der Waals surface area contributed by atoms with Crippen molar-refractivity contribution in [3.05, 3.63) is 51.7 Å². The number of anilines is 1. The molecule has 1 unspecified atom stereocenters. The summed E-state index contributed by atoms with van der Waals surface area (Å²) in [4.78, 5) is 14.6. The van der Waals surface area contributed by atoms with Crippen LogP contribution in [-0.4, -0.2) is 11.9 Å². The average Bonchev–Trinajstić information content (AvgIpc) is 2.83. The number of hydrogen-bond acceptors (Lipinski definition) is 3. The van der Waals surface area contributed by atoms with Crippen LogP contribution in [0.4, 0.5) is 5.69 Å². The lowest BCUT2D eigenvalue weighted by Crippen LogP contribution is -2.34. The van der Waals surface area contributed by atoms with E-state index in [0.717, 1.165) is 24.1 Å². The van der Waals surface area contributed by atoms with Crippen LogP contribution in [0.2, 0.25) is 0 Å². The summed E-state index contributed by atoms with van der Waals surface area (Å²) in [6, 6.07) is 12.1. The summed E-state index contributed by atoms with van der Waals surface area (Å²) in [5, 5.41) is 3.06. The molecule has 1 amide bonds. The van der Waals surface area contributed by atoms with E-state index < -0.39 is 0 Å². The molecule has 0 spiro atoms. The van der Waals surface area contributed by atoms with Crippen LogP contribution in [0.3, 0.4) is 0 Å². The minimum atomic E-state index is 0.104. The molecule has 1 aromatic carbocycles. The van der Waals surface area contributed by atoms with Crippen LogP contribution < -0.4 is 11.1 Å². The zero-order chi connectivity index (χ0) is 15.2. The van der Waals surface area contributed by atoms with Gasteiger partial charge in [-0.25, -0.2) is 0 Å². The molecular formula is C17H22N2OS. The number of thiophene rings is 1.